The molecule has 1 heterocycles. The van der Waals surface area contributed by atoms with E-state index in [2.05, 4.69) is 22.7 Å². The van der Waals surface area contributed by atoms with Crippen LogP contribution in [0.2, 0.25) is 0 Å². The monoisotopic (exact) mass is 240 g/mol. The van der Waals surface area contributed by atoms with Gasteiger partial charge in [-0.2, -0.15) is 17.0 Å². The topological polar surface area (TPSA) is 27.0 Å². The van der Waals surface area contributed by atoms with Gasteiger partial charge in [0, 0.05) is 12.3 Å². The number of unbranched alkanes of at least 4 members (excludes halogenated alkanes) is 1. The Morgan fingerprint density at radius 2 is 2.06 bits per heavy atom. The number of hydrogen-bond acceptors (Lipinski definition) is 3. The molecule has 0 aliphatic carbocycles. The van der Waals surface area contributed by atoms with Gasteiger partial charge in [0.05, 0.1) is 11.5 Å². The van der Waals surface area contributed by atoms with Gasteiger partial charge < -0.3 is 4.90 Å². The molecule has 0 saturated carbocycles. The van der Waals surface area contributed by atoms with Gasteiger partial charge in [0.15, 0.2) is 0 Å². The highest BCUT2D eigenvalue weighted by Crippen LogP contribution is 2.21. The van der Waals surface area contributed by atoms with Crippen LogP contribution < -0.4 is 0 Å². The molecule has 1 aliphatic rings. The van der Waals surface area contributed by atoms with Crippen LogP contribution in [0.3, 0.4) is 0 Å². The summed E-state index contributed by atoms with van der Waals surface area (Å²) in [6.07, 6.45) is 4.81. The second-order valence-electron chi connectivity index (χ2n) is 5.26. The van der Waals surface area contributed by atoms with Crippen molar-refractivity contribution in [3.8, 4) is 6.07 Å². The Morgan fingerprint density at radius 3 is 2.81 bits per heavy atom. The number of nitriles is 1. The molecule has 0 aromatic heterocycles. The molecule has 0 N–H and O–H groups in total. The van der Waals surface area contributed by atoms with E-state index >= 15 is 0 Å². The average molecular weight is 240 g/mol. The van der Waals surface area contributed by atoms with Crippen LogP contribution in [0.1, 0.15) is 39.5 Å². The molecular formula is C13H24N2S. The molecule has 0 aromatic carbocycles. The largest absolute Gasteiger partial charge is 0.302 e. The number of nitrogens with zero attached hydrogens (tertiary/aromatic N) is 2. The van der Waals surface area contributed by atoms with E-state index < -0.39 is 0 Å². The molecule has 16 heavy (non-hydrogen) atoms. The van der Waals surface area contributed by atoms with Crippen molar-refractivity contribution in [2.24, 2.45) is 5.41 Å². The zero-order chi connectivity index (χ0) is 11.9. The predicted octanol–water partition coefficient (Wildman–Crippen LogP) is 3.15. The highest BCUT2D eigenvalue weighted by Gasteiger charge is 2.16. The molecule has 0 atom stereocenters. The Bertz CT molecular complexity index is 225. The van der Waals surface area contributed by atoms with Crippen molar-refractivity contribution in [2.45, 2.75) is 39.5 Å². The van der Waals surface area contributed by atoms with Crippen LogP contribution in [0, 0.1) is 16.7 Å². The Labute approximate surface area is 104 Å². The van der Waals surface area contributed by atoms with Crippen molar-refractivity contribution in [1.29, 1.82) is 5.26 Å². The predicted molar refractivity (Wildman–Crippen MR) is 71.6 cm³/mol. The smallest absolute Gasteiger partial charge is 0.0683 e. The molecule has 1 fully saturated rings. The summed E-state index contributed by atoms with van der Waals surface area (Å²) < 4.78 is 0. The lowest BCUT2D eigenvalue weighted by Gasteiger charge is -2.20. The number of hydrogen-bond donors (Lipinski definition) is 0. The first-order chi connectivity index (χ1) is 7.64. The molecule has 2 nitrogen and oxygen atoms in total. The lowest BCUT2D eigenvalue weighted by molar-refractivity contribution is 0.281. The summed E-state index contributed by atoms with van der Waals surface area (Å²) in [4.78, 5) is 2.58. The maximum atomic E-state index is 8.92. The molecule has 1 aliphatic heterocycles. The molecule has 0 aromatic rings. The first-order valence-electron chi connectivity index (χ1n) is 6.35. The Balaban J connectivity index is 2.08. The fraction of sp³-hybridized carbons (Fsp3) is 0.923. The van der Waals surface area contributed by atoms with Gasteiger partial charge in [0.2, 0.25) is 0 Å². The summed E-state index contributed by atoms with van der Waals surface area (Å²) in [6, 6.07) is 2.37. The first-order valence-corrected chi connectivity index (χ1v) is 7.51. The van der Waals surface area contributed by atoms with E-state index in [0.29, 0.717) is 0 Å². The average Bonchev–Trinajstić information content (AvgIpc) is 2.53. The summed E-state index contributed by atoms with van der Waals surface area (Å²) in [6.45, 7) is 7.83. The molecule has 3 heteroatoms. The van der Waals surface area contributed by atoms with E-state index in [1.165, 1.54) is 50.4 Å². The van der Waals surface area contributed by atoms with E-state index in [0.717, 1.165) is 6.42 Å². The van der Waals surface area contributed by atoms with Gasteiger partial charge in [-0.1, -0.05) is 6.42 Å². The van der Waals surface area contributed by atoms with Gasteiger partial charge in [0.1, 0.15) is 0 Å². The third-order valence-electron chi connectivity index (χ3n) is 3.14. The van der Waals surface area contributed by atoms with Crippen molar-refractivity contribution < 1.29 is 0 Å². The van der Waals surface area contributed by atoms with Gasteiger partial charge in [-0.3, -0.25) is 0 Å². The lowest BCUT2D eigenvalue weighted by Crippen LogP contribution is -2.27. The van der Waals surface area contributed by atoms with E-state index in [-0.39, 0.29) is 5.41 Å². The quantitative estimate of drug-likeness (QED) is 0.691. The summed E-state index contributed by atoms with van der Waals surface area (Å²) in [5, 5.41) is 8.92. The minimum atomic E-state index is -0.130. The third-order valence-corrected chi connectivity index (χ3v) is 4.19. The summed E-state index contributed by atoms with van der Waals surface area (Å²) in [5.41, 5.74) is -0.130. The maximum absolute atomic E-state index is 8.92. The van der Waals surface area contributed by atoms with Crippen molar-refractivity contribution in [3.05, 3.63) is 0 Å². The second-order valence-corrected chi connectivity index (χ2v) is 6.49. The van der Waals surface area contributed by atoms with Crippen LogP contribution in [-0.2, 0) is 0 Å². The Hall–Kier alpha value is -0.200. The molecule has 0 unspecified atom stereocenters. The van der Waals surface area contributed by atoms with E-state index in [9.17, 15) is 0 Å². The molecule has 0 bridgehead atoms. The van der Waals surface area contributed by atoms with Crippen molar-refractivity contribution in [3.63, 3.8) is 0 Å². The van der Waals surface area contributed by atoms with Crippen LogP contribution in [0.15, 0.2) is 0 Å². The summed E-state index contributed by atoms with van der Waals surface area (Å²) >= 11 is 2.08. The zero-order valence-electron chi connectivity index (χ0n) is 10.7. The highest BCUT2D eigenvalue weighted by atomic mass is 32.2. The molecule has 0 spiro atoms. The van der Waals surface area contributed by atoms with Gasteiger partial charge in [-0.05, 0) is 52.0 Å². The molecule has 1 saturated heterocycles. The molecular weight excluding hydrogens is 216 g/mol. The Kier molecular flexibility index (Phi) is 6.23. The molecule has 0 radical (unpaired) electrons. The van der Waals surface area contributed by atoms with Crippen LogP contribution >= 0.6 is 11.8 Å². The SMILES string of the molecule is CC(C)(C#N)CCCCN1CCCSCC1. The number of rotatable bonds is 5. The standard InChI is InChI=1S/C13H24N2S/c1-13(2,12-14)6-3-4-7-15-8-5-10-16-11-9-15/h3-11H2,1-2H3. The fourth-order valence-corrected chi connectivity index (χ4v) is 2.90. The summed E-state index contributed by atoms with van der Waals surface area (Å²) in [5.74, 6) is 2.63. The van der Waals surface area contributed by atoms with Crippen molar-refractivity contribution >= 4 is 11.8 Å². The van der Waals surface area contributed by atoms with Crippen molar-refractivity contribution in [1.82, 2.24) is 4.90 Å². The summed E-state index contributed by atoms with van der Waals surface area (Å²) in [7, 11) is 0. The Morgan fingerprint density at radius 1 is 1.25 bits per heavy atom. The number of thioether (sulfide) groups is 1. The minimum Gasteiger partial charge on any atom is -0.302 e. The van der Waals surface area contributed by atoms with E-state index in [1.807, 2.05) is 13.8 Å². The molecule has 1 rings (SSSR count). The molecule has 92 valence electrons. The lowest BCUT2D eigenvalue weighted by atomic mass is 9.89. The second kappa shape index (κ2) is 7.19. The van der Waals surface area contributed by atoms with Gasteiger partial charge in [0.25, 0.3) is 0 Å². The van der Waals surface area contributed by atoms with Crippen LogP contribution in [0.25, 0.3) is 0 Å². The highest BCUT2D eigenvalue weighted by molar-refractivity contribution is 7.99. The van der Waals surface area contributed by atoms with Crippen LogP contribution in [0.4, 0.5) is 0 Å². The normalized spacial score (nSPS) is 19.1. The first kappa shape index (κ1) is 13.9. The van der Waals surface area contributed by atoms with Gasteiger partial charge >= 0.3 is 0 Å². The minimum absolute atomic E-state index is 0.130. The van der Waals surface area contributed by atoms with E-state index in [1.54, 1.807) is 0 Å². The zero-order valence-corrected chi connectivity index (χ0v) is 11.5. The van der Waals surface area contributed by atoms with E-state index in [4.69, 9.17) is 5.26 Å². The third kappa shape index (κ3) is 5.77. The molecule has 0 amide bonds. The fourth-order valence-electron chi connectivity index (χ4n) is 1.98. The van der Waals surface area contributed by atoms with Crippen molar-refractivity contribution in [2.75, 3.05) is 31.1 Å². The van der Waals surface area contributed by atoms with Crippen LogP contribution in [0.5, 0.6) is 0 Å². The van der Waals surface area contributed by atoms with Gasteiger partial charge in [-0.15, -0.1) is 0 Å². The maximum Gasteiger partial charge on any atom is 0.0683 e. The van der Waals surface area contributed by atoms with Gasteiger partial charge in [-0.25, -0.2) is 0 Å². The van der Waals surface area contributed by atoms with Crippen LogP contribution in [-0.4, -0.2) is 36.0 Å².